The Kier molecular flexibility index (Phi) is 5.49. The molecule has 3 aromatic rings. The molecule has 2 N–H and O–H groups in total. The van der Waals surface area contributed by atoms with Crippen LogP contribution in [-0.2, 0) is 4.74 Å². The monoisotopic (exact) mass is 396 g/mol. The van der Waals surface area contributed by atoms with Gasteiger partial charge in [-0.15, -0.1) is 6.42 Å². The molecule has 0 atom stereocenters. The minimum atomic E-state index is -0.617. The number of nitrogens with one attached hydrogen (secondary N) is 2. The van der Waals surface area contributed by atoms with Crippen molar-refractivity contribution in [2.24, 2.45) is 0 Å². The Balaban J connectivity index is 1.47. The first-order valence-electron chi connectivity index (χ1n) is 9.61. The summed E-state index contributed by atoms with van der Waals surface area (Å²) in [5.41, 5.74) is 5.29. The number of rotatable bonds is 5. The Labute approximate surface area is 175 Å². The van der Waals surface area contributed by atoms with E-state index in [0.717, 1.165) is 22.3 Å². The standard InChI is InChI=1S/C25H20N2O3/c1-2-15-26-24(28)21-13-7-8-14-23(21)27-25(29)30-16-22-19-11-5-3-9-17(19)18-10-4-6-12-20(18)22/h1,3-14,22H,15-16H2,(H,26,28)(H,27,29). The van der Waals surface area contributed by atoms with Crippen LogP contribution >= 0.6 is 0 Å². The van der Waals surface area contributed by atoms with Crippen LogP contribution in [0, 0.1) is 12.3 Å². The predicted octanol–water partition coefficient (Wildman–Crippen LogP) is 4.41. The molecule has 0 spiro atoms. The zero-order chi connectivity index (χ0) is 20.9. The minimum absolute atomic E-state index is 0.0303. The van der Waals surface area contributed by atoms with E-state index in [4.69, 9.17) is 11.2 Å². The van der Waals surface area contributed by atoms with E-state index in [1.165, 1.54) is 0 Å². The van der Waals surface area contributed by atoms with Crippen LogP contribution in [0.3, 0.4) is 0 Å². The first-order valence-corrected chi connectivity index (χ1v) is 9.61. The molecular weight excluding hydrogens is 376 g/mol. The maximum atomic E-state index is 12.5. The molecule has 1 aliphatic carbocycles. The fourth-order valence-electron chi connectivity index (χ4n) is 3.76. The molecule has 0 radical (unpaired) electrons. The number of carbonyl (C=O) groups is 2. The lowest BCUT2D eigenvalue weighted by Gasteiger charge is -2.15. The van der Waals surface area contributed by atoms with Crippen LogP contribution in [-0.4, -0.2) is 25.2 Å². The average molecular weight is 396 g/mol. The van der Waals surface area contributed by atoms with Crippen molar-refractivity contribution in [2.45, 2.75) is 5.92 Å². The fraction of sp³-hybridized carbons (Fsp3) is 0.120. The molecule has 3 aromatic carbocycles. The fourth-order valence-corrected chi connectivity index (χ4v) is 3.76. The Bertz CT molecular complexity index is 1100. The van der Waals surface area contributed by atoms with Crippen LogP contribution in [0.5, 0.6) is 0 Å². The lowest BCUT2D eigenvalue weighted by Crippen LogP contribution is -2.26. The van der Waals surface area contributed by atoms with Gasteiger partial charge in [-0.05, 0) is 34.4 Å². The molecule has 0 saturated heterocycles. The Morgan fingerprint density at radius 2 is 1.50 bits per heavy atom. The molecule has 5 nitrogen and oxygen atoms in total. The lowest BCUT2D eigenvalue weighted by atomic mass is 9.98. The largest absolute Gasteiger partial charge is 0.448 e. The molecule has 0 aliphatic heterocycles. The van der Waals surface area contributed by atoms with Crippen molar-refractivity contribution in [3.8, 4) is 23.5 Å². The number of hydrogen-bond donors (Lipinski definition) is 2. The van der Waals surface area contributed by atoms with Gasteiger partial charge in [-0.2, -0.15) is 0 Å². The maximum absolute atomic E-state index is 12.5. The number of carbonyl (C=O) groups excluding carboxylic acids is 2. The van der Waals surface area contributed by atoms with Crippen LogP contribution < -0.4 is 10.6 Å². The van der Waals surface area contributed by atoms with Gasteiger partial charge in [-0.25, -0.2) is 4.79 Å². The summed E-state index contributed by atoms with van der Waals surface area (Å²) in [5, 5.41) is 5.26. The van der Waals surface area contributed by atoms with Gasteiger partial charge >= 0.3 is 6.09 Å². The molecule has 0 fully saturated rings. The predicted molar refractivity (Wildman–Crippen MR) is 116 cm³/mol. The van der Waals surface area contributed by atoms with Crippen LogP contribution in [0.4, 0.5) is 10.5 Å². The van der Waals surface area contributed by atoms with E-state index in [1.807, 2.05) is 24.3 Å². The molecule has 1 aliphatic rings. The number of amides is 2. The highest BCUT2D eigenvalue weighted by atomic mass is 16.5. The SMILES string of the molecule is C#CCNC(=O)c1ccccc1NC(=O)OCC1c2ccccc2-c2ccccc21. The van der Waals surface area contributed by atoms with Crippen molar-refractivity contribution in [2.75, 3.05) is 18.5 Å². The highest BCUT2D eigenvalue weighted by molar-refractivity contribution is 6.02. The molecule has 0 saturated carbocycles. The highest BCUT2D eigenvalue weighted by Gasteiger charge is 2.29. The number of fused-ring (bicyclic) bond motifs is 3. The average Bonchev–Trinajstić information content (AvgIpc) is 3.10. The molecule has 5 heteroatoms. The summed E-state index contributed by atoms with van der Waals surface area (Å²) in [6.07, 6.45) is 4.57. The molecular formula is C25H20N2O3. The van der Waals surface area contributed by atoms with E-state index in [0.29, 0.717) is 11.3 Å². The number of anilines is 1. The number of hydrogen-bond acceptors (Lipinski definition) is 3. The third kappa shape index (κ3) is 3.76. The smallest absolute Gasteiger partial charge is 0.411 e. The van der Waals surface area contributed by atoms with Gasteiger partial charge in [0.15, 0.2) is 0 Å². The van der Waals surface area contributed by atoms with E-state index in [9.17, 15) is 9.59 Å². The summed E-state index contributed by atoms with van der Waals surface area (Å²) in [7, 11) is 0. The summed E-state index contributed by atoms with van der Waals surface area (Å²) < 4.78 is 5.55. The summed E-state index contributed by atoms with van der Waals surface area (Å²) in [6.45, 7) is 0.309. The maximum Gasteiger partial charge on any atom is 0.411 e. The van der Waals surface area contributed by atoms with Crippen LogP contribution in [0.1, 0.15) is 27.4 Å². The van der Waals surface area contributed by atoms with Crippen LogP contribution in [0.25, 0.3) is 11.1 Å². The van der Waals surface area contributed by atoms with Gasteiger partial charge < -0.3 is 10.1 Å². The van der Waals surface area contributed by atoms with Gasteiger partial charge in [0.2, 0.25) is 0 Å². The first-order chi connectivity index (χ1) is 14.7. The quantitative estimate of drug-likeness (QED) is 0.628. The van der Waals surface area contributed by atoms with E-state index in [1.54, 1.807) is 24.3 Å². The van der Waals surface area contributed by atoms with Crippen molar-refractivity contribution in [3.63, 3.8) is 0 Å². The normalized spacial score (nSPS) is 11.7. The minimum Gasteiger partial charge on any atom is -0.448 e. The summed E-state index contributed by atoms with van der Waals surface area (Å²) in [5.74, 6) is 1.96. The summed E-state index contributed by atoms with van der Waals surface area (Å²) >= 11 is 0. The van der Waals surface area contributed by atoms with E-state index >= 15 is 0 Å². The summed E-state index contributed by atoms with van der Waals surface area (Å²) in [6, 6.07) is 23.0. The van der Waals surface area contributed by atoms with Crippen LogP contribution in [0.15, 0.2) is 72.8 Å². The Hall–Kier alpha value is -4.04. The molecule has 0 aromatic heterocycles. The second kappa shape index (κ2) is 8.54. The van der Waals surface area contributed by atoms with E-state index in [2.05, 4.69) is 40.8 Å². The molecule has 148 valence electrons. The first kappa shape index (κ1) is 19.3. The van der Waals surface area contributed by atoms with Gasteiger partial charge in [-0.3, -0.25) is 10.1 Å². The van der Waals surface area contributed by atoms with Gasteiger partial charge in [0, 0.05) is 5.92 Å². The molecule has 4 rings (SSSR count). The molecule has 0 heterocycles. The highest BCUT2D eigenvalue weighted by Crippen LogP contribution is 2.44. The molecule has 0 bridgehead atoms. The van der Waals surface area contributed by atoms with Crippen molar-refractivity contribution in [1.82, 2.24) is 5.32 Å². The van der Waals surface area contributed by atoms with Crippen LogP contribution in [0.2, 0.25) is 0 Å². The number of para-hydroxylation sites is 1. The second-order valence-electron chi connectivity index (χ2n) is 6.88. The Morgan fingerprint density at radius 3 is 2.17 bits per heavy atom. The van der Waals surface area contributed by atoms with Gasteiger partial charge in [-0.1, -0.05) is 66.6 Å². The van der Waals surface area contributed by atoms with Gasteiger partial charge in [0.25, 0.3) is 5.91 Å². The van der Waals surface area contributed by atoms with Crippen molar-refractivity contribution in [1.29, 1.82) is 0 Å². The molecule has 2 amide bonds. The topological polar surface area (TPSA) is 67.4 Å². The van der Waals surface area contributed by atoms with E-state index < -0.39 is 6.09 Å². The third-order valence-electron chi connectivity index (χ3n) is 5.10. The molecule has 30 heavy (non-hydrogen) atoms. The van der Waals surface area contributed by atoms with Crippen molar-refractivity contribution >= 4 is 17.7 Å². The zero-order valence-corrected chi connectivity index (χ0v) is 16.2. The second-order valence-corrected chi connectivity index (χ2v) is 6.88. The van der Waals surface area contributed by atoms with E-state index in [-0.39, 0.29) is 25.0 Å². The number of benzene rings is 3. The van der Waals surface area contributed by atoms with Crippen molar-refractivity contribution in [3.05, 3.63) is 89.5 Å². The zero-order valence-electron chi connectivity index (χ0n) is 16.2. The van der Waals surface area contributed by atoms with Gasteiger partial charge in [0.05, 0.1) is 17.8 Å². The lowest BCUT2D eigenvalue weighted by molar-refractivity contribution is 0.0959. The van der Waals surface area contributed by atoms with Gasteiger partial charge in [0.1, 0.15) is 6.61 Å². The number of ether oxygens (including phenoxy) is 1. The summed E-state index contributed by atoms with van der Waals surface area (Å²) in [4.78, 5) is 24.7. The Morgan fingerprint density at radius 1 is 0.900 bits per heavy atom. The van der Waals surface area contributed by atoms with Crippen molar-refractivity contribution < 1.29 is 14.3 Å². The third-order valence-corrected chi connectivity index (χ3v) is 5.10. The molecule has 0 unspecified atom stereocenters. The number of terminal acetylenes is 1.